The van der Waals surface area contributed by atoms with Crippen LogP contribution in [0.5, 0.6) is 11.5 Å². The number of allylic oxidation sites excluding steroid dienone is 2. The molecule has 0 saturated heterocycles. The number of methoxy groups -OCH3 is 1. The van der Waals surface area contributed by atoms with E-state index in [1.165, 1.54) is 11.8 Å². The fraction of sp³-hybridized carbons (Fsp3) is 0.346. The van der Waals surface area contributed by atoms with Crippen LogP contribution in [0.4, 0.5) is 5.95 Å². The van der Waals surface area contributed by atoms with Crippen LogP contribution in [0.2, 0.25) is 5.02 Å². The molecule has 1 unspecified atom stereocenters. The number of carbonyl (C=O) groups excluding carboxylic acids is 1. The molecule has 1 aliphatic heterocycles. The Kier molecular flexibility index (Phi) is 8.03. The topological polar surface area (TPSA) is 78.3 Å². The maximum atomic E-state index is 12.7. The molecule has 1 N–H and O–H groups in total. The van der Waals surface area contributed by atoms with E-state index in [0.29, 0.717) is 45.6 Å². The summed E-state index contributed by atoms with van der Waals surface area (Å²) in [5, 5.41) is 9.32. The maximum absolute atomic E-state index is 12.7. The molecule has 9 heteroatoms. The van der Waals surface area contributed by atoms with Gasteiger partial charge in [-0.1, -0.05) is 61.0 Å². The first-order valence-electron chi connectivity index (χ1n) is 11.5. The van der Waals surface area contributed by atoms with Gasteiger partial charge in [-0.15, -0.1) is 5.10 Å². The van der Waals surface area contributed by atoms with Crippen LogP contribution in [-0.4, -0.2) is 34.3 Å². The first-order valence-corrected chi connectivity index (χ1v) is 12.9. The molecule has 35 heavy (non-hydrogen) atoms. The highest BCUT2D eigenvalue weighted by Crippen LogP contribution is 2.40. The number of ether oxygens (including phenoxy) is 2. The zero-order valence-electron chi connectivity index (χ0n) is 20.3. The smallest absolute Gasteiger partial charge is 0.227 e. The predicted octanol–water partition coefficient (Wildman–Crippen LogP) is 6.29. The van der Waals surface area contributed by atoms with E-state index in [2.05, 4.69) is 17.2 Å². The zero-order chi connectivity index (χ0) is 24.9. The van der Waals surface area contributed by atoms with Crippen LogP contribution in [0, 0.1) is 0 Å². The lowest BCUT2D eigenvalue weighted by Crippen LogP contribution is -2.27. The van der Waals surface area contributed by atoms with Gasteiger partial charge in [0, 0.05) is 22.0 Å². The van der Waals surface area contributed by atoms with Crippen molar-refractivity contribution in [2.45, 2.75) is 50.6 Å². The molecule has 0 spiro atoms. The highest BCUT2D eigenvalue weighted by Gasteiger charge is 2.33. The zero-order valence-corrected chi connectivity index (χ0v) is 21.9. The second kappa shape index (κ2) is 11.2. The van der Waals surface area contributed by atoms with Crippen molar-refractivity contribution in [3.63, 3.8) is 0 Å². The molecule has 2 heterocycles. The minimum atomic E-state index is -0.440. The van der Waals surface area contributed by atoms with E-state index in [-0.39, 0.29) is 5.78 Å². The Balaban J connectivity index is 1.68. The van der Waals surface area contributed by atoms with Gasteiger partial charge in [-0.25, -0.2) is 4.68 Å². The Labute approximate surface area is 214 Å². The minimum Gasteiger partial charge on any atom is -0.493 e. The fourth-order valence-corrected chi connectivity index (χ4v) is 5.13. The monoisotopic (exact) mass is 512 g/mol. The largest absolute Gasteiger partial charge is 0.493 e. The highest BCUT2D eigenvalue weighted by molar-refractivity contribution is 7.98. The summed E-state index contributed by atoms with van der Waals surface area (Å²) in [6, 6.07) is 13.0. The van der Waals surface area contributed by atoms with Crippen LogP contribution < -0.4 is 14.8 Å². The van der Waals surface area contributed by atoms with Gasteiger partial charge in [-0.2, -0.15) is 4.98 Å². The summed E-state index contributed by atoms with van der Waals surface area (Å²) in [7, 11) is 1.62. The van der Waals surface area contributed by atoms with Crippen LogP contribution >= 0.6 is 23.4 Å². The van der Waals surface area contributed by atoms with Gasteiger partial charge in [-0.05, 0) is 49.6 Å². The Morgan fingerprint density at radius 1 is 1.23 bits per heavy atom. The molecule has 1 atom stereocenters. The molecular weight excluding hydrogens is 484 g/mol. The van der Waals surface area contributed by atoms with Gasteiger partial charge in [0.2, 0.25) is 11.1 Å². The number of carbonyl (C=O) groups is 1. The van der Waals surface area contributed by atoms with Crippen LogP contribution in [0.1, 0.15) is 50.8 Å². The van der Waals surface area contributed by atoms with Crippen LogP contribution in [0.15, 0.2) is 58.9 Å². The third kappa shape index (κ3) is 5.49. The number of hydrogen-bond donors (Lipinski definition) is 1. The van der Waals surface area contributed by atoms with Gasteiger partial charge < -0.3 is 14.8 Å². The lowest BCUT2D eigenvalue weighted by molar-refractivity contribution is -0.114. The number of aromatic nitrogens is 3. The number of benzene rings is 2. The molecular formula is C26H29ClN4O3S. The number of anilines is 1. The Morgan fingerprint density at radius 3 is 2.74 bits per heavy atom. The SMILES string of the molecule is CCCCOc1ccc(C2C(C(C)=O)=C(C)Nc3nc(SCc4ccccc4Cl)nn32)cc1OC. The average molecular weight is 513 g/mol. The van der Waals surface area contributed by atoms with Crippen LogP contribution in [-0.2, 0) is 10.5 Å². The van der Waals surface area contributed by atoms with Crippen molar-refractivity contribution in [3.8, 4) is 11.5 Å². The molecule has 1 aliphatic rings. The van der Waals surface area contributed by atoms with Crippen molar-refractivity contribution >= 4 is 35.1 Å². The number of hydrogen-bond acceptors (Lipinski definition) is 7. The highest BCUT2D eigenvalue weighted by atomic mass is 35.5. The second-order valence-corrected chi connectivity index (χ2v) is 9.63. The van der Waals surface area contributed by atoms with Gasteiger partial charge in [0.25, 0.3) is 0 Å². The van der Waals surface area contributed by atoms with Crippen LogP contribution in [0.3, 0.4) is 0 Å². The summed E-state index contributed by atoms with van der Waals surface area (Å²) < 4.78 is 13.3. The number of nitrogens with zero attached hydrogens (tertiary/aromatic N) is 3. The number of rotatable bonds is 10. The molecule has 0 radical (unpaired) electrons. The third-order valence-electron chi connectivity index (χ3n) is 5.79. The fourth-order valence-electron chi connectivity index (χ4n) is 4.01. The normalized spacial score (nSPS) is 14.9. The first kappa shape index (κ1) is 25.1. The number of Topliss-reactive ketones (excluding diaryl/α,β-unsaturated/α-hetero) is 1. The summed E-state index contributed by atoms with van der Waals surface area (Å²) >= 11 is 7.81. The van der Waals surface area contributed by atoms with E-state index in [1.54, 1.807) is 18.7 Å². The second-order valence-electron chi connectivity index (χ2n) is 8.28. The lowest BCUT2D eigenvalue weighted by Gasteiger charge is -2.28. The maximum Gasteiger partial charge on any atom is 0.227 e. The van der Waals surface area contributed by atoms with Gasteiger partial charge in [0.05, 0.1) is 13.7 Å². The number of halogens is 1. The molecule has 7 nitrogen and oxygen atoms in total. The first-order chi connectivity index (χ1) is 16.9. The molecule has 0 saturated carbocycles. The summed E-state index contributed by atoms with van der Waals surface area (Å²) in [6.45, 7) is 6.20. The third-order valence-corrected chi connectivity index (χ3v) is 7.04. The standard InChI is InChI=1S/C26H29ClN4O3S/c1-5-6-13-34-21-12-11-18(14-22(21)33-4)24-23(17(3)32)16(2)28-25-29-26(30-31(24)25)35-15-19-9-7-8-10-20(19)27/h7-12,14,24H,5-6,13,15H2,1-4H3,(H,28,29,30). The lowest BCUT2D eigenvalue weighted by atomic mass is 9.93. The molecule has 0 bridgehead atoms. The average Bonchev–Trinajstić information content (AvgIpc) is 3.25. The van der Waals surface area contributed by atoms with Crippen molar-refractivity contribution in [2.75, 3.05) is 19.0 Å². The van der Waals surface area contributed by atoms with Gasteiger partial charge in [-0.3, -0.25) is 4.79 Å². The summed E-state index contributed by atoms with van der Waals surface area (Å²) in [5.74, 6) is 2.48. The van der Waals surface area contributed by atoms with Crippen molar-refractivity contribution in [3.05, 3.63) is 69.9 Å². The number of thioether (sulfide) groups is 1. The number of fused-ring (bicyclic) bond motifs is 1. The summed E-state index contributed by atoms with van der Waals surface area (Å²) in [4.78, 5) is 17.4. The summed E-state index contributed by atoms with van der Waals surface area (Å²) in [6.07, 6.45) is 2.01. The molecule has 0 amide bonds. The van der Waals surface area contributed by atoms with E-state index in [0.717, 1.165) is 29.7 Å². The van der Waals surface area contributed by atoms with Crippen molar-refractivity contribution < 1.29 is 14.3 Å². The number of nitrogens with one attached hydrogen (secondary N) is 1. The molecule has 0 fully saturated rings. The Morgan fingerprint density at radius 2 is 2.03 bits per heavy atom. The van der Waals surface area contributed by atoms with E-state index >= 15 is 0 Å². The van der Waals surface area contributed by atoms with E-state index < -0.39 is 6.04 Å². The van der Waals surface area contributed by atoms with Gasteiger partial charge >= 0.3 is 0 Å². The minimum absolute atomic E-state index is 0.0336. The predicted molar refractivity (Wildman–Crippen MR) is 140 cm³/mol. The number of ketones is 1. The quantitative estimate of drug-likeness (QED) is 0.252. The van der Waals surface area contributed by atoms with Crippen LogP contribution in [0.25, 0.3) is 0 Å². The number of unbranched alkanes of at least 4 members (excludes halogenated alkanes) is 1. The van der Waals surface area contributed by atoms with E-state index in [4.69, 9.17) is 26.2 Å². The molecule has 184 valence electrons. The molecule has 2 aromatic carbocycles. The molecule has 4 rings (SSSR count). The van der Waals surface area contributed by atoms with E-state index in [1.807, 2.05) is 49.4 Å². The molecule has 3 aromatic rings. The Bertz CT molecular complexity index is 1260. The van der Waals surface area contributed by atoms with Crippen molar-refractivity contribution in [2.24, 2.45) is 0 Å². The van der Waals surface area contributed by atoms with E-state index in [9.17, 15) is 4.79 Å². The van der Waals surface area contributed by atoms with Gasteiger partial charge in [0.1, 0.15) is 6.04 Å². The van der Waals surface area contributed by atoms with Crippen molar-refractivity contribution in [1.82, 2.24) is 14.8 Å². The molecule has 1 aromatic heterocycles. The summed E-state index contributed by atoms with van der Waals surface area (Å²) in [5.41, 5.74) is 3.27. The molecule has 0 aliphatic carbocycles. The van der Waals surface area contributed by atoms with Crippen molar-refractivity contribution in [1.29, 1.82) is 0 Å². The Hall–Kier alpha value is -2.97. The van der Waals surface area contributed by atoms with Gasteiger partial charge in [0.15, 0.2) is 17.3 Å².